The van der Waals surface area contributed by atoms with Gasteiger partial charge in [-0.3, -0.25) is 0 Å². The van der Waals surface area contributed by atoms with Gasteiger partial charge in [0, 0.05) is 15.7 Å². The molecule has 0 fully saturated rings. The zero-order chi connectivity index (χ0) is 12.7. The van der Waals surface area contributed by atoms with Crippen molar-refractivity contribution in [2.75, 3.05) is 5.73 Å². The molecule has 0 saturated heterocycles. The smallest absolute Gasteiger partial charge is 0.138 e. The van der Waals surface area contributed by atoms with E-state index >= 15 is 0 Å². The van der Waals surface area contributed by atoms with E-state index in [1.165, 1.54) is 0 Å². The fraction of sp³-hybridized carbons (Fsp3) is 0.0714. The van der Waals surface area contributed by atoms with E-state index in [4.69, 9.17) is 5.73 Å². The summed E-state index contributed by atoms with van der Waals surface area (Å²) < 4.78 is 1.06. The van der Waals surface area contributed by atoms with Gasteiger partial charge in [-0.15, -0.1) is 0 Å². The molecule has 0 bridgehead atoms. The van der Waals surface area contributed by atoms with Crippen LogP contribution in [-0.2, 0) is 0 Å². The Hall–Kier alpha value is -1.81. The van der Waals surface area contributed by atoms with Crippen molar-refractivity contribution in [3.63, 3.8) is 0 Å². The van der Waals surface area contributed by atoms with Gasteiger partial charge in [0.2, 0.25) is 0 Å². The molecule has 0 spiro atoms. The first-order valence-corrected chi connectivity index (χ1v) is 6.44. The van der Waals surface area contributed by atoms with E-state index in [9.17, 15) is 0 Å². The molecule has 18 heavy (non-hydrogen) atoms. The molecule has 0 amide bonds. The molecule has 3 nitrogen and oxygen atoms in total. The number of nitrogens with one attached hydrogen (secondary N) is 1. The maximum atomic E-state index is 5.69. The van der Waals surface area contributed by atoms with E-state index in [1.54, 1.807) is 0 Å². The zero-order valence-electron chi connectivity index (χ0n) is 9.87. The van der Waals surface area contributed by atoms with E-state index in [0.717, 1.165) is 38.1 Å². The molecule has 0 aliphatic carbocycles. The number of nitrogens with zero attached hydrogens (tertiary/aromatic N) is 1. The lowest BCUT2D eigenvalue weighted by Crippen LogP contribution is -1.84. The average molecular weight is 302 g/mol. The number of aromatic nitrogens is 2. The number of aryl methyl sites for hydroxylation is 1. The average Bonchev–Trinajstić information content (AvgIpc) is 2.74. The Bertz CT molecular complexity index is 714. The van der Waals surface area contributed by atoms with Crippen LogP contribution in [0.4, 0.5) is 5.69 Å². The number of aromatic amines is 1. The second kappa shape index (κ2) is 4.14. The monoisotopic (exact) mass is 301 g/mol. The summed E-state index contributed by atoms with van der Waals surface area (Å²) in [6, 6.07) is 11.8. The molecular weight excluding hydrogens is 290 g/mol. The van der Waals surface area contributed by atoms with Gasteiger partial charge in [0.1, 0.15) is 5.82 Å². The third-order valence-corrected chi connectivity index (χ3v) is 3.38. The number of anilines is 1. The van der Waals surface area contributed by atoms with Crippen LogP contribution in [0.1, 0.15) is 5.56 Å². The van der Waals surface area contributed by atoms with Crippen molar-refractivity contribution in [3.05, 3.63) is 46.4 Å². The van der Waals surface area contributed by atoms with E-state index in [-0.39, 0.29) is 0 Å². The minimum absolute atomic E-state index is 0.758. The van der Waals surface area contributed by atoms with Crippen LogP contribution in [0, 0.1) is 6.92 Å². The molecule has 1 aromatic heterocycles. The predicted molar refractivity (Wildman–Crippen MR) is 78.4 cm³/mol. The topological polar surface area (TPSA) is 54.7 Å². The summed E-state index contributed by atoms with van der Waals surface area (Å²) in [6.45, 7) is 2.06. The number of H-pyrrole nitrogens is 1. The van der Waals surface area contributed by atoms with Crippen LogP contribution in [0.5, 0.6) is 0 Å². The molecule has 90 valence electrons. The molecule has 0 unspecified atom stereocenters. The van der Waals surface area contributed by atoms with Crippen molar-refractivity contribution in [1.82, 2.24) is 9.97 Å². The molecule has 0 saturated carbocycles. The first kappa shape index (κ1) is 11.3. The Kier molecular flexibility index (Phi) is 2.59. The summed E-state index contributed by atoms with van der Waals surface area (Å²) >= 11 is 3.49. The minimum Gasteiger partial charge on any atom is -0.399 e. The summed E-state index contributed by atoms with van der Waals surface area (Å²) in [5.74, 6) is 0.867. The SMILES string of the molecule is Cc1cc(Br)cc2[nH]c(-c3ccc(N)cc3)nc12. The summed E-state index contributed by atoms with van der Waals surface area (Å²) in [4.78, 5) is 7.97. The van der Waals surface area contributed by atoms with Gasteiger partial charge < -0.3 is 10.7 Å². The highest BCUT2D eigenvalue weighted by Crippen LogP contribution is 2.26. The molecule has 0 atom stereocenters. The van der Waals surface area contributed by atoms with Crippen molar-refractivity contribution >= 4 is 32.7 Å². The number of nitrogen functional groups attached to an aromatic ring is 1. The standard InChI is InChI=1S/C14H12BrN3/c1-8-6-10(15)7-12-13(8)18-14(17-12)9-2-4-11(16)5-3-9/h2-7H,16H2,1H3,(H,17,18). The second-order valence-corrected chi connectivity index (χ2v) is 5.24. The Morgan fingerprint density at radius 2 is 1.89 bits per heavy atom. The lowest BCUT2D eigenvalue weighted by atomic mass is 10.2. The highest BCUT2D eigenvalue weighted by Gasteiger charge is 2.07. The highest BCUT2D eigenvalue weighted by atomic mass is 79.9. The van der Waals surface area contributed by atoms with Gasteiger partial charge in [-0.05, 0) is 48.9 Å². The van der Waals surface area contributed by atoms with Crippen molar-refractivity contribution in [2.45, 2.75) is 6.92 Å². The van der Waals surface area contributed by atoms with Crippen LogP contribution in [0.3, 0.4) is 0 Å². The Labute approximate surface area is 113 Å². The molecule has 3 rings (SSSR count). The number of rotatable bonds is 1. The predicted octanol–water partition coefficient (Wildman–Crippen LogP) is 3.88. The lowest BCUT2D eigenvalue weighted by molar-refractivity contribution is 1.33. The summed E-state index contributed by atoms with van der Waals surface area (Å²) in [5, 5.41) is 0. The summed E-state index contributed by atoms with van der Waals surface area (Å²) in [7, 11) is 0. The minimum atomic E-state index is 0.758. The number of hydrogen-bond acceptors (Lipinski definition) is 2. The fourth-order valence-electron chi connectivity index (χ4n) is 2.02. The van der Waals surface area contributed by atoms with Crippen LogP contribution in [0.25, 0.3) is 22.4 Å². The molecule has 1 heterocycles. The van der Waals surface area contributed by atoms with Crippen LogP contribution < -0.4 is 5.73 Å². The largest absolute Gasteiger partial charge is 0.399 e. The maximum Gasteiger partial charge on any atom is 0.138 e. The van der Waals surface area contributed by atoms with Gasteiger partial charge in [0.05, 0.1) is 11.0 Å². The van der Waals surface area contributed by atoms with E-state index < -0.39 is 0 Å². The second-order valence-electron chi connectivity index (χ2n) is 4.33. The molecule has 3 aromatic rings. The van der Waals surface area contributed by atoms with E-state index in [2.05, 4.69) is 38.9 Å². The maximum absolute atomic E-state index is 5.69. The number of fused-ring (bicyclic) bond motifs is 1. The van der Waals surface area contributed by atoms with Crippen LogP contribution in [-0.4, -0.2) is 9.97 Å². The molecule has 0 aliphatic rings. The molecular formula is C14H12BrN3. The van der Waals surface area contributed by atoms with Gasteiger partial charge >= 0.3 is 0 Å². The molecule has 2 aromatic carbocycles. The first-order valence-electron chi connectivity index (χ1n) is 5.65. The number of halogens is 1. The van der Waals surface area contributed by atoms with Gasteiger partial charge in [-0.2, -0.15) is 0 Å². The Balaban J connectivity index is 2.19. The normalized spacial score (nSPS) is 11.0. The van der Waals surface area contributed by atoms with Crippen LogP contribution >= 0.6 is 15.9 Å². The molecule has 0 radical (unpaired) electrons. The number of imidazole rings is 1. The van der Waals surface area contributed by atoms with Gasteiger partial charge in [0.15, 0.2) is 0 Å². The van der Waals surface area contributed by atoms with Crippen molar-refractivity contribution in [1.29, 1.82) is 0 Å². The van der Waals surface area contributed by atoms with Crippen molar-refractivity contribution in [3.8, 4) is 11.4 Å². The highest BCUT2D eigenvalue weighted by molar-refractivity contribution is 9.10. The van der Waals surface area contributed by atoms with Gasteiger partial charge in [-0.25, -0.2) is 4.98 Å². The summed E-state index contributed by atoms with van der Waals surface area (Å²) in [6.07, 6.45) is 0. The third kappa shape index (κ3) is 1.88. The van der Waals surface area contributed by atoms with Gasteiger partial charge in [-0.1, -0.05) is 15.9 Å². The molecule has 0 aliphatic heterocycles. The Morgan fingerprint density at radius 1 is 1.17 bits per heavy atom. The third-order valence-electron chi connectivity index (χ3n) is 2.93. The molecule has 3 N–H and O–H groups in total. The Morgan fingerprint density at radius 3 is 2.61 bits per heavy atom. The van der Waals surface area contributed by atoms with E-state index in [1.807, 2.05) is 30.3 Å². The number of hydrogen-bond donors (Lipinski definition) is 2. The first-order chi connectivity index (χ1) is 8.63. The number of nitrogens with two attached hydrogens (primary N) is 1. The zero-order valence-corrected chi connectivity index (χ0v) is 11.5. The number of benzene rings is 2. The quantitative estimate of drug-likeness (QED) is 0.670. The van der Waals surface area contributed by atoms with Crippen LogP contribution in [0.2, 0.25) is 0 Å². The fourth-order valence-corrected chi connectivity index (χ4v) is 2.60. The van der Waals surface area contributed by atoms with Crippen molar-refractivity contribution in [2.24, 2.45) is 0 Å². The van der Waals surface area contributed by atoms with Gasteiger partial charge in [0.25, 0.3) is 0 Å². The van der Waals surface area contributed by atoms with Crippen molar-refractivity contribution < 1.29 is 0 Å². The molecule has 4 heteroatoms. The lowest BCUT2D eigenvalue weighted by Gasteiger charge is -1.96. The summed E-state index contributed by atoms with van der Waals surface area (Å²) in [5.41, 5.74) is 10.7. The van der Waals surface area contributed by atoms with E-state index in [0.29, 0.717) is 0 Å². The van der Waals surface area contributed by atoms with Crippen LogP contribution in [0.15, 0.2) is 40.9 Å².